The SMILES string of the molecule is CCCCCCCC(=O)OC[C@H](N)C(=O)NC(C)(C)C. The number of carbonyl (C=O) groups excluding carboxylic acids is 2. The van der Waals surface area contributed by atoms with Crippen molar-refractivity contribution in [3.63, 3.8) is 0 Å². The first-order valence-corrected chi connectivity index (χ1v) is 7.49. The second-order valence-electron chi connectivity index (χ2n) is 6.19. The summed E-state index contributed by atoms with van der Waals surface area (Å²) in [7, 11) is 0. The van der Waals surface area contributed by atoms with Gasteiger partial charge < -0.3 is 15.8 Å². The lowest BCUT2D eigenvalue weighted by Gasteiger charge is -2.23. The molecule has 118 valence electrons. The Morgan fingerprint density at radius 3 is 2.30 bits per heavy atom. The molecule has 0 rings (SSSR count). The molecule has 0 spiro atoms. The molecule has 1 atom stereocenters. The van der Waals surface area contributed by atoms with Crippen LogP contribution in [0.5, 0.6) is 0 Å². The average molecular weight is 286 g/mol. The summed E-state index contributed by atoms with van der Waals surface area (Å²) in [6.45, 7) is 7.72. The van der Waals surface area contributed by atoms with Crippen molar-refractivity contribution >= 4 is 11.9 Å². The maximum atomic E-state index is 11.7. The first kappa shape index (κ1) is 18.9. The van der Waals surface area contributed by atoms with Crippen LogP contribution in [-0.2, 0) is 14.3 Å². The fourth-order valence-corrected chi connectivity index (χ4v) is 1.67. The molecule has 20 heavy (non-hydrogen) atoms. The lowest BCUT2D eigenvalue weighted by Crippen LogP contribution is -2.50. The minimum Gasteiger partial charge on any atom is -0.463 e. The molecule has 0 aromatic rings. The van der Waals surface area contributed by atoms with E-state index < -0.39 is 6.04 Å². The minimum atomic E-state index is -0.807. The summed E-state index contributed by atoms with van der Waals surface area (Å²) in [5.74, 6) is -0.575. The van der Waals surface area contributed by atoms with Gasteiger partial charge in [0.1, 0.15) is 12.6 Å². The smallest absolute Gasteiger partial charge is 0.305 e. The number of amides is 1. The Kier molecular flexibility index (Phi) is 9.21. The first-order valence-electron chi connectivity index (χ1n) is 7.49. The van der Waals surface area contributed by atoms with Crippen LogP contribution in [0, 0.1) is 0 Å². The fraction of sp³-hybridized carbons (Fsp3) is 0.867. The van der Waals surface area contributed by atoms with Crippen LogP contribution in [-0.4, -0.2) is 30.1 Å². The molecule has 0 aliphatic rings. The molecule has 0 heterocycles. The van der Waals surface area contributed by atoms with E-state index in [1.807, 2.05) is 20.8 Å². The van der Waals surface area contributed by atoms with Crippen LogP contribution < -0.4 is 11.1 Å². The molecule has 0 bridgehead atoms. The topological polar surface area (TPSA) is 81.4 Å². The van der Waals surface area contributed by atoms with Crippen LogP contribution in [0.25, 0.3) is 0 Å². The van der Waals surface area contributed by atoms with Gasteiger partial charge in [0.2, 0.25) is 5.91 Å². The van der Waals surface area contributed by atoms with E-state index in [4.69, 9.17) is 10.5 Å². The van der Waals surface area contributed by atoms with Gasteiger partial charge in [0, 0.05) is 12.0 Å². The summed E-state index contributed by atoms with van der Waals surface area (Å²) < 4.78 is 5.02. The Hall–Kier alpha value is -1.10. The number of rotatable bonds is 9. The maximum Gasteiger partial charge on any atom is 0.305 e. The number of nitrogens with one attached hydrogen (secondary N) is 1. The van der Waals surface area contributed by atoms with Crippen molar-refractivity contribution in [3.8, 4) is 0 Å². The molecule has 0 radical (unpaired) electrons. The third-order valence-electron chi connectivity index (χ3n) is 2.74. The van der Waals surface area contributed by atoms with E-state index in [1.165, 1.54) is 12.8 Å². The summed E-state index contributed by atoms with van der Waals surface area (Å²) in [6, 6.07) is -0.807. The molecule has 0 saturated heterocycles. The molecule has 1 amide bonds. The zero-order chi connectivity index (χ0) is 15.6. The number of hydrogen-bond donors (Lipinski definition) is 2. The highest BCUT2D eigenvalue weighted by atomic mass is 16.5. The molecular weight excluding hydrogens is 256 g/mol. The average Bonchev–Trinajstić information content (AvgIpc) is 2.33. The fourth-order valence-electron chi connectivity index (χ4n) is 1.67. The van der Waals surface area contributed by atoms with Crippen molar-refractivity contribution < 1.29 is 14.3 Å². The second kappa shape index (κ2) is 9.75. The minimum absolute atomic E-state index is 0.0598. The number of ether oxygens (including phenoxy) is 1. The third kappa shape index (κ3) is 10.8. The van der Waals surface area contributed by atoms with Gasteiger partial charge >= 0.3 is 5.97 Å². The standard InChI is InChI=1S/C15H30N2O3/c1-5-6-7-8-9-10-13(18)20-11-12(16)14(19)17-15(2,3)4/h12H,5-11,16H2,1-4H3,(H,17,19)/t12-/m0/s1. The Labute approximate surface area is 122 Å². The van der Waals surface area contributed by atoms with Crippen molar-refractivity contribution in [3.05, 3.63) is 0 Å². The van der Waals surface area contributed by atoms with Gasteiger partial charge in [-0.3, -0.25) is 9.59 Å². The molecule has 0 aromatic heterocycles. The van der Waals surface area contributed by atoms with Crippen LogP contribution in [0.15, 0.2) is 0 Å². The van der Waals surface area contributed by atoms with Crippen LogP contribution in [0.2, 0.25) is 0 Å². The van der Waals surface area contributed by atoms with E-state index in [0.29, 0.717) is 6.42 Å². The van der Waals surface area contributed by atoms with Crippen LogP contribution in [0.1, 0.15) is 66.2 Å². The molecule has 0 aliphatic heterocycles. The Balaban J connectivity index is 3.75. The largest absolute Gasteiger partial charge is 0.463 e. The van der Waals surface area contributed by atoms with E-state index in [0.717, 1.165) is 19.3 Å². The highest BCUT2D eigenvalue weighted by Gasteiger charge is 2.20. The van der Waals surface area contributed by atoms with Gasteiger partial charge in [0.05, 0.1) is 0 Å². The summed E-state index contributed by atoms with van der Waals surface area (Å²) >= 11 is 0. The monoisotopic (exact) mass is 286 g/mol. The van der Waals surface area contributed by atoms with E-state index in [9.17, 15) is 9.59 Å². The molecule has 0 aromatic carbocycles. The van der Waals surface area contributed by atoms with Gasteiger partial charge in [-0.2, -0.15) is 0 Å². The summed E-state index contributed by atoms with van der Waals surface area (Å²) in [5, 5.41) is 2.75. The Bertz CT molecular complexity index is 298. The van der Waals surface area contributed by atoms with E-state index in [2.05, 4.69) is 12.2 Å². The number of esters is 1. The Morgan fingerprint density at radius 1 is 1.15 bits per heavy atom. The van der Waals surface area contributed by atoms with Crippen LogP contribution in [0.4, 0.5) is 0 Å². The number of unbranched alkanes of at least 4 members (excludes halogenated alkanes) is 4. The van der Waals surface area contributed by atoms with Gasteiger partial charge in [-0.05, 0) is 27.2 Å². The van der Waals surface area contributed by atoms with E-state index in [1.54, 1.807) is 0 Å². The van der Waals surface area contributed by atoms with Crippen molar-refractivity contribution in [1.82, 2.24) is 5.32 Å². The Morgan fingerprint density at radius 2 is 1.75 bits per heavy atom. The van der Waals surface area contributed by atoms with E-state index >= 15 is 0 Å². The normalized spacial score (nSPS) is 12.8. The molecule has 0 unspecified atom stereocenters. The molecule has 0 aliphatic carbocycles. The van der Waals surface area contributed by atoms with Crippen molar-refractivity contribution in [1.29, 1.82) is 0 Å². The lowest BCUT2D eigenvalue weighted by atomic mass is 10.1. The zero-order valence-corrected chi connectivity index (χ0v) is 13.3. The van der Waals surface area contributed by atoms with Gasteiger partial charge in [-0.25, -0.2) is 0 Å². The van der Waals surface area contributed by atoms with Crippen molar-refractivity contribution in [2.45, 2.75) is 77.8 Å². The number of nitrogens with two attached hydrogens (primary N) is 1. The predicted octanol–water partition coefficient (Wildman–Crippen LogP) is 2.13. The molecule has 5 nitrogen and oxygen atoms in total. The molecule has 0 saturated carbocycles. The third-order valence-corrected chi connectivity index (χ3v) is 2.74. The first-order chi connectivity index (χ1) is 9.26. The molecular formula is C15H30N2O3. The zero-order valence-electron chi connectivity index (χ0n) is 13.3. The highest BCUT2D eigenvalue weighted by Crippen LogP contribution is 2.06. The molecule has 0 fully saturated rings. The van der Waals surface area contributed by atoms with E-state index in [-0.39, 0.29) is 24.0 Å². The lowest BCUT2D eigenvalue weighted by molar-refractivity contribution is -0.145. The summed E-state index contributed by atoms with van der Waals surface area (Å²) in [4.78, 5) is 23.2. The quantitative estimate of drug-likeness (QED) is 0.502. The van der Waals surface area contributed by atoms with Crippen LogP contribution in [0.3, 0.4) is 0 Å². The second-order valence-corrected chi connectivity index (χ2v) is 6.19. The van der Waals surface area contributed by atoms with Crippen molar-refractivity contribution in [2.75, 3.05) is 6.61 Å². The van der Waals surface area contributed by atoms with Gasteiger partial charge in [-0.15, -0.1) is 0 Å². The van der Waals surface area contributed by atoms with Gasteiger partial charge in [-0.1, -0.05) is 32.6 Å². The summed E-state index contributed by atoms with van der Waals surface area (Å²) in [6.07, 6.45) is 5.81. The van der Waals surface area contributed by atoms with Crippen LogP contribution >= 0.6 is 0 Å². The van der Waals surface area contributed by atoms with Gasteiger partial charge in [0.15, 0.2) is 0 Å². The molecule has 3 N–H and O–H groups in total. The highest BCUT2D eigenvalue weighted by molar-refractivity contribution is 5.82. The molecule has 5 heteroatoms. The number of hydrogen-bond acceptors (Lipinski definition) is 4. The van der Waals surface area contributed by atoms with Gasteiger partial charge in [0.25, 0.3) is 0 Å². The predicted molar refractivity (Wildman–Crippen MR) is 80.2 cm³/mol. The number of carbonyl (C=O) groups is 2. The van der Waals surface area contributed by atoms with Crippen molar-refractivity contribution in [2.24, 2.45) is 5.73 Å². The maximum absolute atomic E-state index is 11.7. The summed E-state index contributed by atoms with van der Waals surface area (Å²) in [5.41, 5.74) is 5.34.